The number of halogens is 1. The molecule has 0 aliphatic carbocycles. The summed E-state index contributed by atoms with van der Waals surface area (Å²) in [5, 5.41) is 3.43. The van der Waals surface area contributed by atoms with Gasteiger partial charge in [-0.3, -0.25) is 9.59 Å². The van der Waals surface area contributed by atoms with Crippen molar-refractivity contribution >= 4 is 23.3 Å². The van der Waals surface area contributed by atoms with Gasteiger partial charge in [-0.05, 0) is 55.0 Å². The maximum atomic E-state index is 12.4. The molecule has 1 atom stereocenters. The first kappa shape index (κ1) is 18.4. The van der Waals surface area contributed by atoms with E-state index in [0.717, 1.165) is 13.0 Å². The van der Waals surface area contributed by atoms with Crippen LogP contribution >= 0.6 is 11.6 Å². The zero-order chi connectivity index (χ0) is 18.4. The predicted molar refractivity (Wildman–Crippen MR) is 98.8 cm³/mol. The van der Waals surface area contributed by atoms with Gasteiger partial charge in [0.05, 0.1) is 6.61 Å². The van der Waals surface area contributed by atoms with E-state index in [1.165, 1.54) is 0 Å². The number of hydrogen-bond acceptors (Lipinski definition) is 4. The van der Waals surface area contributed by atoms with Crippen molar-refractivity contribution in [2.24, 2.45) is 5.92 Å². The molecule has 5 nitrogen and oxygen atoms in total. The van der Waals surface area contributed by atoms with Crippen LogP contribution in [-0.2, 0) is 9.53 Å². The molecule has 1 aliphatic rings. The lowest BCUT2D eigenvalue weighted by molar-refractivity contribution is -0.123. The molecule has 1 fully saturated rings. The van der Waals surface area contributed by atoms with Crippen molar-refractivity contribution in [2.75, 3.05) is 26.4 Å². The summed E-state index contributed by atoms with van der Waals surface area (Å²) in [6, 6.07) is 13.5. The van der Waals surface area contributed by atoms with Gasteiger partial charge in [-0.1, -0.05) is 11.6 Å². The highest BCUT2D eigenvalue weighted by molar-refractivity contribution is 6.30. The summed E-state index contributed by atoms with van der Waals surface area (Å²) in [6.07, 6.45) is 0.976. The van der Waals surface area contributed by atoms with Crippen molar-refractivity contribution in [3.05, 3.63) is 64.7 Å². The number of rotatable bonds is 7. The number of hydrogen-bond donors (Lipinski definition) is 1. The molecule has 0 radical (unpaired) electrons. The first-order chi connectivity index (χ1) is 12.6. The van der Waals surface area contributed by atoms with E-state index in [2.05, 4.69) is 5.32 Å². The van der Waals surface area contributed by atoms with Gasteiger partial charge >= 0.3 is 0 Å². The monoisotopic (exact) mass is 373 g/mol. The Morgan fingerprint density at radius 3 is 2.35 bits per heavy atom. The Kier molecular flexibility index (Phi) is 6.26. The maximum absolute atomic E-state index is 12.4. The molecule has 2 aromatic carbocycles. The van der Waals surface area contributed by atoms with Gasteiger partial charge in [-0.15, -0.1) is 0 Å². The number of benzene rings is 2. The van der Waals surface area contributed by atoms with Gasteiger partial charge in [0.2, 0.25) is 0 Å². The molecular weight excluding hydrogens is 354 g/mol. The summed E-state index contributed by atoms with van der Waals surface area (Å²) in [5.74, 6) is 0.664. The fourth-order valence-corrected chi connectivity index (χ4v) is 2.80. The highest BCUT2D eigenvalue weighted by Gasteiger charge is 2.16. The number of ether oxygens (including phenoxy) is 2. The number of carbonyl (C=O) groups excluding carboxylic acids is 2. The molecule has 0 spiro atoms. The van der Waals surface area contributed by atoms with Crippen LogP contribution in [-0.4, -0.2) is 38.1 Å². The molecule has 1 N–H and O–H groups in total. The molecule has 6 heteroatoms. The fraction of sp³-hybridized carbons (Fsp3) is 0.300. The van der Waals surface area contributed by atoms with Crippen LogP contribution in [0.1, 0.15) is 22.3 Å². The summed E-state index contributed by atoms with van der Waals surface area (Å²) in [4.78, 5) is 24.2. The molecule has 0 aromatic heterocycles. The van der Waals surface area contributed by atoms with Gasteiger partial charge < -0.3 is 14.8 Å². The fourth-order valence-electron chi connectivity index (χ4n) is 2.67. The van der Waals surface area contributed by atoms with Crippen LogP contribution in [0.25, 0.3) is 0 Å². The Labute approximate surface area is 157 Å². The molecule has 3 rings (SSSR count). The van der Waals surface area contributed by atoms with Gasteiger partial charge in [0, 0.05) is 35.2 Å². The van der Waals surface area contributed by atoms with E-state index >= 15 is 0 Å². The van der Waals surface area contributed by atoms with Crippen molar-refractivity contribution in [1.82, 2.24) is 5.32 Å². The number of carbonyl (C=O) groups is 2. The summed E-state index contributed by atoms with van der Waals surface area (Å²) in [6.45, 7) is 2.01. The number of amides is 1. The summed E-state index contributed by atoms with van der Waals surface area (Å²) >= 11 is 5.84. The standard InChI is InChI=1S/C20H20ClNO4/c21-17-5-1-15(2-6-17)20(24)16-3-7-18(8-4-16)26-13-19(23)22-11-14-9-10-25-12-14/h1-8,14H,9-13H2,(H,22,23). The lowest BCUT2D eigenvalue weighted by Crippen LogP contribution is -2.33. The SMILES string of the molecule is O=C(COc1ccc(C(=O)c2ccc(Cl)cc2)cc1)NCC1CCOC1. The Morgan fingerprint density at radius 2 is 1.73 bits per heavy atom. The molecule has 1 saturated heterocycles. The molecule has 2 aromatic rings. The Morgan fingerprint density at radius 1 is 1.08 bits per heavy atom. The average Bonchev–Trinajstić information content (AvgIpc) is 3.19. The second-order valence-electron chi connectivity index (χ2n) is 6.18. The van der Waals surface area contributed by atoms with Gasteiger partial charge in [-0.25, -0.2) is 0 Å². The molecule has 0 saturated carbocycles. The molecule has 136 valence electrons. The van der Waals surface area contributed by atoms with E-state index in [1.807, 2.05) is 0 Å². The first-order valence-electron chi connectivity index (χ1n) is 8.49. The minimum absolute atomic E-state index is 0.0575. The van der Waals surface area contributed by atoms with Crippen molar-refractivity contribution < 1.29 is 19.1 Å². The third-order valence-corrected chi connectivity index (χ3v) is 4.46. The van der Waals surface area contributed by atoms with Gasteiger partial charge in [0.15, 0.2) is 12.4 Å². The Bertz CT molecular complexity index is 752. The molecule has 1 aliphatic heterocycles. The first-order valence-corrected chi connectivity index (χ1v) is 8.87. The minimum Gasteiger partial charge on any atom is -0.484 e. The van der Waals surface area contributed by atoms with Crippen LogP contribution in [0.5, 0.6) is 5.75 Å². The average molecular weight is 374 g/mol. The molecule has 26 heavy (non-hydrogen) atoms. The smallest absolute Gasteiger partial charge is 0.257 e. The normalized spacial score (nSPS) is 16.3. The topological polar surface area (TPSA) is 64.6 Å². The van der Waals surface area contributed by atoms with E-state index in [4.69, 9.17) is 21.1 Å². The third-order valence-electron chi connectivity index (χ3n) is 4.20. The van der Waals surface area contributed by atoms with E-state index in [-0.39, 0.29) is 18.3 Å². The second-order valence-corrected chi connectivity index (χ2v) is 6.62. The van der Waals surface area contributed by atoms with E-state index in [0.29, 0.717) is 41.0 Å². The number of nitrogens with one attached hydrogen (secondary N) is 1. The van der Waals surface area contributed by atoms with Crippen molar-refractivity contribution in [3.63, 3.8) is 0 Å². The zero-order valence-electron chi connectivity index (χ0n) is 14.2. The van der Waals surface area contributed by atoms with Crippen LogP contribution in [0.15, 0.2) is 48.5 Å². The molecule has 1 heterocycles. The Hall–Kier alpha value is -2.37. The molecule has 1 amide bonds. The van der Waals surface area contributed by atoms with Crippen molar-refractivity contribution in [3.8, 4) is 5.75 Å². The largest absolute Gasteiger partial charge is 0.484 e. The maximum Gasteiger partial charge on any atom is 0.257 e. The van der Waals surface area contributed by atoms with Gasteiger partial charge in [0.1, 0.15) is 5.75 Å². The highest BCUT2D eigenvalue weighted by Crippen LogP contribution is 2.17. The highest BCUT2D eigenvalue weighted by atomic mass is 35.5. The van der Waals surface area contributed by atoms with E-state index in [1.54, 1.807) is 48.5 Å². The van der Waals surface area contributed by atoms with E-state index < -0.39 is 0 Å². The van der Waals surface area contributed by atoms with Crippen LogP contribution < -0.4 is 10.1 Å². The lowest BCUT2D eigenvalue weighted by atomic mass is 10.0. The molecular formula is C20H20ClNO4. The molecule has 0 bridgehead atoms. The van der Waals surface area contributed by atoms with Crippen molar-refractivity contribution in [1.29, 1.82) is 0 Å². The van der Waals surface area contributed by atoms with Crippen LogP contribution in [0.4, 0.5) is 0 Å². The summed E-state index contributed by atoms with van der Waals surface area (Å²) < 4.78 is 10.7. The third kappa shape index (κ3) is 5.07. The van der Waals surface area contributed by atoms with Gasteiger partial charge in [0.25, 0.3) is 5.91 Å². The van der Waals surface area contributed by atoms with Crippen molar-refractivity contribution in [2.45, 2.75) is 6.42 Å². The zero-order valence-corrected chi connectivity index (χ0v) is 15.0. The quantitative estimate of drug-likeness (QED) is 0.757. The second kappa shape index (κ2) is 8.83. The van der Waals surface area contributed by atoms with Crippen LogP contribution in [0.3, 0.4) is 0 Å². The minimum atomic E-state index is -0.168. The summed E-state index contributed by atoms with van der Waals surface area (Å²) in [7, 11) is 0. The van der Waals surface area contributed by atoms with E-state index in [9.17, 15) is 9.59 Å². The lowest BCUT2D eigenvalue weighted by Gasteiger charge is -2.10. The van der Waals surface area contributed by atoms with Crippen LogP contribution in [0, 0.1) is 5.92 Å². The predicted octanol–water partition coefficient (Wildman–Crippen LogP) is 3.10. The van der Waals surface area contributed by atoms with Gasteiger partial charge in [-0.2, -0.15) is 0 Å². The molecule has 1 unspecified atom stereocenters. The summed E-state index contributed by atoms with van der Waals surface area (Å²) in [5.41, 5.74) is 1.11. The Balaban J connectivity index is 1.48. The van der Waals surface area contributed by atoms with Crippen LogP contribution in [0.2, 0.25) is 5.02 Å². The number of ketones is 1.